The maximum Gasteiger partial charge on any atom is 0.339 e. The van der Waals surface area contributed by atoms with Crippen LogP contribution in [0.4, 0.5) is 0 Å². The fourth-order valence-corrected chi connectivity index (χ4v) is 6.63. The summed E-state index contributed by atoms with van der Waals surface area (Å²) in [6, 6.07) is 4.97. The predicted molar refractivity (Wildman–Crippen MR) is 186 cm³/mol. The van der Waals surface area contributed by atoms with Crippen molar-refractivity contribution in [3.05, 3.63) is 42.0 Å². The monoisotopic (exact) mass is 697 g/mol. The second kappa shape index (κ2) is 21.9. The van der Waals surface area contributed by atoms with Crippen LogP contribution in [0.1, 0.15) is 104 Å². The minimum absolute atomic E-state index is 0.0344. The average Bonchev–Trinajstić information content (AvgIpc) is 3.02. The van der Waals surface area contributed by atoms with E-state index in [9.17, 15) is 33.0 Å². The second-order valence-corrected chi connectivity index (χ2v) is 15.6. The number of unbranched alkanes of at least 4 members (excludes halogenated alkanes) is 8. The van der Waals surface area contributed by atoms with E-state index in [0.717, 1.165) is 38.5 Å². The van der Waals surface area contributed by atoms with Gasteiger partial charge in [-0.05, 0) is 64.2 Å². The number of benzene rings is 1. The number of aromatic hydroxyl groups is 1. The molecule has 0 aliphatic heterocycles. The molecule has 1 rings (SSSR count). The van der Waals surface area contributed by atoms with Crippen LogP contribution in [0.3, 0.4) is 0 Å². The number of hydrogen-bond acceptors (Lipinski definition) is 10. The zero-order valence-corrected chi connectivity index (χ0v) is 30.6. The summed E-state index contributed by atoms with van der Waals surface area (Å²) in [6.45, 7) is 7.02. The molecule has 0 bridgehead atoms. The van der Waals surface area contributed by atoms with Crippen molar-refractivity contribution in [3.8, 4) is 5.75 Å². The number of ether oxygens (including phenoxy) is 3. The molecule has 0 heterocycles. The number of phenols is 1. The predicted octanol–water partition coefficient (Wildman–Crippen LogP) is 5.21. The Balaban J connectivity index is 3.05. The number of hydrogen-bond donors (Lipinski definition) is 3. The smallest absolute Gasteiger partial charge is 0.339 e. The van der Waals surface area contributed by atoms with E-state index in [2.05, 4.69) is 12.2 Å². The molecule has 0 aliphatic rings. The highest BCUT2D eigenvalue weighted by molar-refractivity contribution is 7.91. The third kappa shape index (κ3) is 16.9. The first-order valence-electron chi connectivity index (χ1n) is 17.1. The Morgan fingerprint density at radius 2 is 1.50 bits per heavy atom. The minimum Gasteiger partial charge on any atom is -0.508 e. The molecule has 11 nitrogen and oxygen atoms in total. The molecule has 0 saturated carbocycles. The lowest BCUT2D eigenvalue weighted by Gasteiger charge is -2.35. The van der Waals surface area contributed by atoms with Gasteiger partial charge in [-0.2, -0.15) is 0 Å². The first-order chi connectivity index (χ1) is 22.6. The molecule has 12 heteroatoms. The SMILES string of the molecule is CCCCCCCS(=O)(=O)CCCCCC/C=C/[C@H](C(=O)N[C@@H](Cc1ccc(O)cc1)C(=O)OC)[C@@](O)(CCOC)C(=O)OC(C)(C)C. The number of sulfone groups is 1. The van der Waals surface area contributed by atoms with Gasteiger partial charge >= 0.3 is 11.9 Å². The zero-order valence-electron chi connectivity index (χ0n) is 29.8. The lowest BCUT2D eigenvalue weighted by molar-refractivity contribution is -0.185. The highest BCUT2D eigenvalue weighted by atomic mass is 32.2. The zero-order chi connectivity index (χ0) is 36.2. The van der Waals surface area contributed by atoms with E-state index in [-0.39, 0.29) is 36.7 Å². The largest absolute Gasteiger partial charge is 0.508 e. The maximum atomic E-state index is 13.8. The van der Waals surface area contributed by atoms with Gasteiger partial charge in [0.1, 0.15) is 27.2 Å². The molecule has 0 saturated heterocycles. The van der Waals surface area contributed by atoms with E-state index in [1.54, 1.807) is 39.0 Å². The summed E-state index contributed by atoms with van der Waals surface area (Å²) in [6.07, 6.45) is 11.2. The van der Waals surface area contributed by atoms with E-state index < -0.39 is 50.8 Å². The Hall–Kier alpha value is -2.96. The van der Waals surface area contributed by atoms with Gasteiger partial charge in [-0.1, -0.05) is 69.7 Å². The first kappa shape index (κ1) is 43.1. The third-order valence-corrected chi connectivity index (χ3v) is 9.70. The van der Waals surface area contributed by atoms with Crippen LogP contribution < -0.4 is 5.32 Å². The molecule has 274 valence electrons. The van der Waals surface area contributed by atoms with Crippen LogP contribution in [-0.2, 0) is 44.9 Å². The molecule has 0 unspecified atom stereocenters. The highest BCUT2D eigenvalue weighted by Gasteiger charge is 2.49. The summed E-state index contributed by atoms with van der Waals surface area (Å²) in [4.78, 5) is 40.0. The number of allylic oxidation sites excluding steroid dienone is 1. The summed E-state index contributed by atoms with van der Waals surface area (Å²) >= 11 is 0. The average molecular weight is 698 g/mol. The van der Waals surface area contributed by atoms with Gasteiger partial charge in [0.05, 0.1) is 24.5 Å². The van der Waals surface area contributed by atoms with Gasteiger partial charge in [-0.15, -0.1) is 0 Å². The number of phenolic OH excluding ortho intramolecular Hbond substituents is 1. The standard InChI is InChI=1S/C36H59NO10S/c1-7-8-9-13-16-25-48(43,44)26-17-14-11-10-12-15-18-30(36(42,23-24-45-5)34(41)47-35(2,3)4)32(39)37-31(33(40)46-6)27-28-19-21-29(38)22-20-28/h15,18-22,30-31,38,42H,7-14,16-17,23-27H2,1-6H3,(H,37,39)/b18-15+/t30-,31+,36+/m1/s1. The molecule has 0 fully saturated rings. The van der Waals surface area contributed by atoms with E-state index in [4.69, 9.17) is 14.2 Å². The molecule has 3 atom stereocenters. The van der Waals surface area contributed by atoms with E-state index in [1.807, 2.05) is 0 Å². The Labute approximate surface area is 287 Å². The second-order valence-electron chi connectivity index (χ2n) is 13.3. The van der Waals surface area contributed by atoms with Gasteiger partial charge in [0, 0.05) is 26.6 Å². The number of esters is 2. The van der Waals surface area contributed by atoms with Crippen LogP contribution in [0.15, 0.2) is 36.4 Å². The van der Waals surface area contributed by atoms with Crippen LogP contribution in [-0.4, -0.2) is 86.1 Å². The van der Waals surface area contributed by atoms with Crippen molar-refractivity contribution in [3.63, 3.8) is 0 Å². The van der Waals surface area contributed by atoms with Gasteiger partial charge in [-0.25, -0.2) is 18.0 Å². The molecular weight excluding hydrogens is 638 g/mol. The Morgan fingerprint density at radius 1 is 0.917 bits per heavy atom. The van der Waals surface area contributed by atoms with Crippen LogP contribution in [0.5, 0.6) is 5.75 Å². The topological polar surface area (TPSA) is 166 Å². The van der Waals surface area contributed by atoms with Crippen molar-refractivity contribution >= 4 is 27.7 Å². The van der Waals surface area contributed by atoms with Crippen molar-refractivity contribution in [2.75, 3.05) is 32.3 Å². The van der Waals surface area contributed by atoms with Crippen molar-refractivity contribution in [2.24, 2.45) is 5.92 Å². The summed E-state index contributed by atoms with van der Waals surface area (Å²) in [5.41, 5.74) is -2.65. The highest BCUT2D eigenvalue weighted by Crippen LogP contribution is 2.29. The molecule has 0 radical (unpaired) electrons. The fourth-order valence-electron chi connectivity index (χ4n) is 5.13. The number of nitrogens with one attached hydrogen (secondary N) is 1. The van der Waals surface area contributed by atoms with Crippen LogP contribution in [0, 0.1) is 5.92 Å². The molecule has 0 spiro atoms. The summed E-state index contributed by atoms with van der Waals surface area (Å²) in [7, 11) is -0.460. The number of rotatable bonds is 24. The fraction of sp³-hybridized carbons (Fsp3) is 0.694. The number of methoxy groups -OCH3 is 2. The third-order valence-electron chi connectivity index (χ3n) is 7.88. The number of carbonyl (C=O) groups is 3. The molecule has 0 aliphatic carbocycles. The molecule has 3 N–H and O–H groups in total. The van der Waals surface area contributed by atoms with Crippen LogP contribution in [0.2, 0.25) is 0 Å². The quantitative estimate of drug-likeness (QED) is 0.0742. The van der Waals surface area contributed by atoms with Crippen molar-refractivity contribution in [2.45, 2.75) is 122 Å². The summed E-state index contributed by atoms with van der Waals surface area (Å²) in [5, 5.41) is 24.1. The maximum absolute atomic E-state index is 13.8. The summed E-state index contributed by atoms with van der Waals surface area (Å²) in [5.74, 6) is -3.51. The van der Waals surface area contributed by atoms with Crippen LogP contribution in [0.25, 0.3) is 0 Å². The van der Waals surface area contributed by atoms with E-state index in [0.29, 0.717) is 31.2 Å². The van der Waals surface area contributed by atoms with Gasteiger partial charge in [0.15, 0.2) is 5.60 Å². The molecule has 0 aromatic heterocycles. The van der Waals surface area contributed by atoms with Crippen molar-refractivity contribution in [1.82, 2.24) is 5.32 Å². The van der Waals surface area contributed by atoms with Crippen molar-refractivity contribution < 1.29 is 47.2 Å². The molecule has 1 aromatic carbocycles. The Bertz CT molecular complexity index is 1240. The number of amides is 1. The normalized spacial score (nSPS) is 14.6. The minimum atomic E-state index is -3.06. The molecule has 1 aromatic rings. The molecule has 48 heavy (non-hydrogen) atoms. The molecule has 1 amide bonds. The van der Waals surface area contributed by atoms with E-state index >= 15 is 0 Å². The van der Waals surface area contributed by atoms with E-state index in [1.165, 1.54) is 32.4 Å². The molecular formula is C36H59NO10S. The van der Waals surface area contributed by atoms with Crippen LogP contribution >= 0.6 is 0 Å². The number of carbonyl (C=O) groups excluding carboxylic acids is 3. The van der Waals surface area contributed by atoms with Gasteiger partial charge in [-0.3, -0.25) is 4.79 Å². The Morgan fingerprint density at radius 3 is 2.04 bits per heavy atom. The lowest BCUT2D eigenvalue weighted by atomic mass is 9.82. The van der Waals surface area contributed by atoms with Crippen molar-refractivity contribution in [1.29, 1.82) is 0 Å². The summed E-state index contributed by atoms with van der Waals surface area (Å²) < 4.78 is 40.3. The van der Waals surface area contributed by atoms with Gasteiger partial charge in [0.2, 0.25) is 5.91 Å². The van der Waals surface area contributed by atoms with Gasteiger partial charge < -0.3 is 29.7 Å². The number of aliphatic hydroxyl groups is 1. The van der Waals surface area contributed by atoms with Gasteiger partial charge in [0.25, 0.3) is 0 Å². The lowest BCUT2D eigenvalue weighted by Crippen LogP contribution is -2.56. The Kier molecular flexibility index (Phi) is 19.6. The first-order valence-corrected chi connectivity index (χ1v) is 18.9.